The Balaban J connectivity index is 2.70. The third-order valence-electron chi connectivity index (χ3n) is 1.73. The van der Waals surface area contributed by atoms with Crippen molar-refractivity contribution in [3.8, 4) is 0 Å². The lowest BCUT2D eigenvalue weighted by molar-refractivity contribution is 0.386. The van der Waals surface area contributed by atoms with Crippen LogP contribution >= 0.6 is 0 Å². The van der Waals surface area contributed by atoms with E-state index in [1.807, 2.05) is 4.68 Å². The first-order valence-electron chi connectivity index (χ1n) is 4.78. The van der Waals surface area contributed by atoms with Gasteiger partial charge in [0, 0.05) is 13.0 Å². The van der Waals surface area contributed by atoms with Crippen LogP contribution in [0.3, 0.4) is 0 Å². The van der Waals surface area contributed by atoms with Crippen molar-refractivity contribution in [2.45, 2.75) is 47.1 Å². The topological polar surface area (TPSA) is 43.6 Å². The Morgan fingerprint density at radius 3 is 2.54 bits per heavy atom. The van der Waals surface area contributed by atoms with E-state index >= 15 is 0 Å². The minimum absolute atomic E-state index is 0.250. The van der Waals surface area contributed by atoms with Gasteiger partial charge in [-0.25, -0.2) is 4.68 Å². The molecule has 0 saturated heterocycles. The third-order valence-corrected chi connectivity index (χ3v) is 1.73. The number of hydrogen-bond acceptors (Lipinski definition) is 3. The lowest BCUT2D eigenvalue weighted by Crippen LogP contribution is -2.15. The summed E-state index contributed by atoms with van der Waals surface area (Å²) in [6.07, 6.45) is 2.00. The van der Waals surface area contributed by atoms with Crippen molar-refractivity contribution in [2.75, 3.05) is 0 Å². The SMILES string of the molecule is CCCn1nnnc1CC(C)(C)C. The fraction of sp³-hybridized carbons (Fsp3) is 0.889. The maximum Gasteiger partial charge on any atom is 0.151 e. The lowest BCUT2D eigenvalue weighted by Gasteiger charge is -2.16. The highest BCUT2D eigenvalue weighted by Crippen LogP contribution is 2.18. The minimum atomic E-state index is 0.250. The van der Waals surface area contributed by atoms with Gasteiger partial charge in [0.2, 0.25) is 0 Å². The smallest absolute Gasteiger partial charge is 0.151 e. The lowest BCUT2D eigenvalue weighted by atomic mass is 9.92. The van der Waals surface area contributed by atoms with Crippen LogP contribution in [0.15, 0.2) is 0 Å². The van der Waals surface area contributed by atoms with Crippen LogP contribution < -0.4 is 0 Å². The van der Waals surface area contributed by atoms with Gasteiger partial charge in [-0.2, -0.15) is 0 Å². The number of aryl methyl sites for hydroxylation is 1. The van der Waals surface area contributed by atoms with Crippen LogP contribution in [0.25, 0.3) is 0 Å². The van der Waals surface area contributed by atoms with Crippen LogP contribution in [-0.2, 0) is 13.0 Å². The van der Waals surface area contributed by atoms with Crippen molar-refractivity contribution < 1.29 is 0 Å². The van der Waals surface area contributed by atoms with Crippen LogP contribution in [0.2, 0.25) is 0 Å². The molecule has 0 N–H and O–H groups in total. The molecule has 1 rings (SSSR count). The second-order valence-electron chi connectivity index (χ2n) is 4.56. The van der Waals surface area contributed by atoms with Crippen LogP contribution in [0.5, 0.6) is 0 Å². The average Bonchev–Trinajstić information content (AvgIpc) is 2.34. The van der Waals surface area contributed by atoms with Gasteiger partial charge in [-0.15, -0.1) is 5.10 Å². The molecule has 1 heterocycles. The summed E-state index contributed by atoms with van der Waals surface area (Å²) in [5, 5.41) is 11.7. The summed E-state index contributed by atoms with van der Waals surface area (Å²) in [5.41, 5.74) is 0.250. The van der Waals surface area contributed by atoms with Gasteiger partial charge in [0.1, 0.15) is 0 Å². The highest BCUT2D eigenvalue weighted by Gasteiger charge is 2.16. The molecule has 0 saturated carbocycles. The first-order valence-corrected chi connectivity index (χ1v) is 4.78. The van der Waals surface area contributed by atoms with E-state index in [0.717, 1.165) is 25.2 Å². The molecule has 0 aliphatic rings. The summed E-state index contributed by atoms with van der Waals surface area (Å²) < 4.78 is 1.89. The molecule has 0 aliphatic heterocycles. The van der Waals surface area contributed by atoms with E-state index in [0.29, 0.717) is 0 Å². The van der Waals surface area contributed by atoms with Crippen LogP contribution in [0, 0.1) is 5.41 Å². The maximum absolute atomic E-state index is 4.02. The molecule has 0 bridgehead atoms. The molecule has 0 aromatic carbocycles. The predicted molar refractivity (Wildman–Crippen MR) is 51.3 cm³/mol. The van der Waals surface area contributed by atoms with Crippen molar-refractivity contribution in [1.29, 1.82) is 0 Å². The summed E-state index contributed by atoms with van der Waals surface area (Å²) in [7, 11) is 0. The number of nitrogens with zero attached hydrogens (tertiary/aromatic N) is 4. The van der Waals surface area contributed by atoms with E-state index in [2.05, 4.69) is 43.2 Å². The molecule has 1 aromatic rings. The zero-order valence-corrected chi connectivity index (χ0v) is 8.91. The molecule has 0 unspecified atom stereocenters. The van der Waals surface area contributed by atoms with Gasteiger partial charge >= 0.3 is 0 Å². The van der Waals surface area contributed by atoms with Gasteiger partial charge in [0.15, 0.2) is 5.82 Å². The number of tetrazole rings is 1. The summed E-state index contributed by atoms with van der Waals surface area (Å²) in [4.78, 5) is 0. The quantitative estimate of drug-likeness (QED) is 0.714. The molecule has 0 amide bonds. The van der Waals surface area contributed by atoms with Crippen LogP contribution in [0.1, 0.15) is 39.9 Å². The largest absolute Gasteiger partial charge is 0.230 e. The van der Waals surface area contributed by atoms with Crippen molar-refractivity contribution in [1.82, 2.24) is 20.2 Å². The van der Waals surface area contributed by atoms with Gasteiger partial charge < -0.3 is 0 Å². The molecule has 0 atom stereocenters. The van der Waals surface area contributed by atoms with Gasteiger partial charge in [-0.05, 0) is 22.3 Å². The molecule has 74 valence electrons. The van der Waals surface area contributed by atoms with E-state index in [1.54, 1.807) is 0 Å². The summed E-state index contributed by atoms with van der Waals surface area (Å²) in [6, 6.07) is 0. The molecular weight excluding hydrogens is 164 g/mol. The van der Waals surface area contributed by atoms with Gasteiger partial charge in [-0.1, -0.05) is 27.7 Å². The van der Waals surface area contributed by atoms with Crippen molar-refractivity contribution in [3.05, 3.63) is 5.82 Å². The van der Waals surface area contributed by atoms with E-state index in [9.17, 15) is 0 Å². The first-order chi connectivity index (χ1) is 6.03. The van der Waals surface area contributed by atoms with E-state index in [-0.39, 0.29) is 5.41 Å². The monoisotopic (exact) mass is 182 g/mol. The predicted octanol–water partition coefficient (Wildman–Crippen LogP) is 1.67. The minimum Gasteiger partial charge on any atom is -0.230 e. The number of rotatable bonds is 3. The van der Waals surface area contributed by atoms with Crippen LogP contribution in [0.4, 0.5) is 0 Å². The standard InChI is InChI=1S/C9H18N4/c1-5-6-13-8(10-11-12-13)7-9(2,3)4/h5-7H2,1-4H3. The van der Waals surface area contributed by atoms with E-state index in [4.69, 9.17) is 0 Å². The van der Waals surface area contributed by atoms with Crippen molar-refractivity contribution in [2.24, 2.45) is 5.41 Å². The summed E-state index contributed by atoms with van der Waals surface area (Å²) in [6.45, 7) is 9.62. The molecule has 0 aliphatic carbocycles. The Morgan fingerprint density at radius 2 is 2.00 bits per heavy atom. The Kier molecular flexibility index (Phi) is 3.01. The molecule has 1 aromatic heterocycles. The fourth-order valence-corrected chi connectivity index (χ4v) is 1.21. The highest BCUT2D eigenvalue weighted by molar-refractivity contribution is 4.86. The molecular formula is C9H18N4. The molecule has 13 heavy (non-hydrogen) atoms. The first kappa shape index (κ1) is 10.2. The number of aromatic nitrogens is 4. The van der Waals surface area contributed by atoms with Gasteiger partial charge in [0.05, 0.1) is 0 Å². The Hall–Kier alpha value is -0.930. The Bertz CT molecular complexity index is 259. The van der Waals surface area contributed by atoms with Crippen molar-refractivity contribution >= 4 is 0 Å². The van der Waals surface area contributed by atoms with E-state index in [1.165, 1.54) is 0 Å². The highest BCUT2D eigenvalue weighted by atomic mass is 15.5. The molecule has 4 nitrogen and oxygen atoms in total. The average molecular weight is 182 g/mol. The Morgan fingerprint density at radius 1 is 1.31 bits per heavy atom. The molecule has 0 radical (unpaired) electrons. The fourth-order valence-electron chi connectivity index (χ4n) is 1.21. The summed E-state index contributed by atoms with van der Waals surface area (Å²) >= 11 is 0. The zero-order chi connectivity index (χ0) is 9.90. The van der Waals surface area contributed by atoms with Crippen LogP contribution in [-0.4, -0.2) is 20.2 Å². The molecule has 4 heteroatoms. The van der Waals surface area contributed by atoms with Crippen molar-refractivity contribution in [3.63, 3.8) is 0 Å². The number of hydrogen-bond donors (Lipinski definition) is 0. The molecule has 0 fully saturated rings. The molecule has 0 spiro atoms. The van der Waals surface area contributed by atoms with E-state index < -0.39 is 0 Å². The van der Waals surface area contributed by atoms with Gasteiger partial charge in [-0.3, -0.25) is 0 Å². The normalized spacial score (nSPS) is 12.0. The summed E-state index contributed by atoms with van der Waals surface area (Å²) in [5.74, 6) is 0.995. The zero-order valence-electron chi connectivity index (χ0n) is 8.91. The second kappa shape index (κ2) is 3.85. The van der Waals surface area contributed by atoms with Gasteiger partial charge in [0.25, 0.3) is 0 Å². The second-order valence-corrected chi connectivity index (χ2v) is 4.56. The Labute approximate surface area is 79.3 Å². The third kappa shape index (κ3) is 3.13. The maximum atomic E-state index is 4.02.